The van der Waals surface area contributed by atoms with Gasteiger partial charge in [0, 0.05) is 50.9 Å². The Morgan fingerprint density at radius 1 is 1.08 bits per heavy atom. The zero-order valence-electron chi connectivity index (χ0n) is 16.3. The molecule has 1 atom stereocenters. The summed E-state index contributed by atoms with van der Waals surface area (Å²) in [6.45, 7) is 7.80. The first kappa shape index (κ1) is 19.0. The first-order valence-electron chi connectivity index (χ1n) is 10.1. The zero-order valence-corrected chi connectivity index (χ0v) is 16.3. The highest BCUT2D eigenvalue weighted by atomic mass is 16.5. The topological polar surface area (TPSA) is 36.0 Å². The largest absolute Gasteiger partial charge is 0.497 e. The number of nitrogens with zero attached hydrogens (tertiary/aromatic N) is 3. The summed E-state index contributed by atoms with van der Waals surface area (Å²) in [6, 6.07) is 8.86. The molecule has 2 saturated heterocycles. The molecule has 3 rings (SSSR count). The Hall–Kier alpha value is -1.75. The van der Waals surface area contributed by atoms with Gasteiger partial charge in [-0.1, -0.05) is 13.3 Å². The Kier molecular flexibility index (Phi) is 6.78. The highest BCUT2D eigenvalue weighted by molar-refractivity contribution is 5.76. The van der Waals surface area contributed by atoms with E-state index in [1.165, 1.54) is 31.4 Å². The van der Waals surface area contributed by atoms with Crippen molar-refractivity contribution >= 4 is 11.6 Å². The van der Waals surface area contributed by atoms with Crippen LogP contribution in [-0.2, 0) is 4.79 Å². The number of likely N-dealkylation sites (tertiary alicyclic amines) is 1. The number of amides is 1. The number of hydrogen-bond acceptors (Lipinski definition) is 4. The van der Waals surface area contributed by atoms with Gasteiger partial charge in [-0.2, -0.15) is 0 Å². The van der Waals surface area contributed by atoms with E-state index in [0.29, 0.717) is 18.4 Å². The molecule has 1 amide bonds. The number of piperazine rings is 1. The van der Waals surface area contributed by atoms with E-state index >= 15 is 0 Å². The van der Waals surface area contributed by atoms with E-state index < -0.39 is 0 Å². The molecule has 5 heteroatoms. The molecule has 1 aromatic carbocycles. The summed E-state index contributed by atoms with van der Waals surface area (Å²) >= 11 is 0. The molecule has 0 saturated carbocycles. The summed E-state index contributed by atoms with van der Waals surface area (Å²) in [5.74, 6) is 1.20. The number of methoxy groups -OCH3 is 1. The number of anilines is 1. The lowest BCUT2D eigenvalue weighted by Gasteiger charge is -2.38. The first-order valence-corrected chi connectivity index (χ1v) is 10.1. The number of carbonyl (C=O) groups excluding carboxylic acids is 1. The number of benzene rings is 1. The zero-order chi connectivity index (χ0) is 18.4. The van der Waals surface area contributed by atoms with Gasteiger partial charge in [0.25, 0.3) is 0 Å². The van der Waals surface area contributed by atoms with Crippen molar-refractivity contribution in [1.29, 1.82) is 0 Å². The van der Waals surface area contributed by atoms with Crippen molar-refractivity contribution in [2.24, 2.45) is 0 Å². The third kappa shape index (κ3) is 4.70. The Morgan fingerprint density at radius 3 is 2.46 bits per heavy atom. The fraction of sp³-hybridized carbons (Fsp3) is 0.667. The second kappa shape index (κ2) is 9.26. The highest BCUT2D eigenvalue weighted by Gasteiger charge is 2.24. The maximum Gasteiger partial charge on any atom is 0.223 e. The van der Waals surface area contributed by atoms with E-state index in [9.17, 15) is 4.79 Å². The molecule has 0 bridgehead atoms. The smallest absolute Gasteiger partial charge is 0.223 e. The molecule has 1 aromatic rings. The van der Waals surface area contributed by atoms with Gasteiger partial charge in [0.2, 0.25) is 5.91 Å². The molecule has 0 aliphatic carbocycles. The molecule has 2 fully saturated rings. The normalized spacial score (nSPS) is 21.7. The lowest BCUT2D eigenvalue weighted by atomic mass is 10.00. The number of rotatable bonds is 6. The van der Waals surface area contributed by atoms with Crippen molar-refractivity contribution in [1.82, 2.24) is 9.80 Å². The highest BCUT2D eigenvalue weighted by Crippen LogP contribution is 2.22. The molecule has 0 N–H and O–H groups in total. The van der Waals surface area contributed by atoms with E-state index in [-0.39, 0.29) is 0 Å². The van der Waals surface area contributed by atoms with Crippen molar-refractivity contribution in [3.05, 3.63) is 24.3 Å². The molecule has 2 aliphatic heterocycles. The lowest BCUT2D eigenvalue weighted by molar-refractivity contribution is -0.132. The summed E-state index contributed by atoms with van der Waals surface area (Å²) in [5, 5.41) is 0. The molecular formula is C21H33N3O2. The van der Waals surface area contributed by atoms with Gasteiger partial charge in [-0.05, 0) is 50.1 Å². The second-order valence-electron chi connectivity index (χ2n) is 7.41. The molecule has 144 valence electrons. The van der Waals surface area contributed by atoms with Crippen molar-refractivity contribution in [3.63, 3.8) is 0 Å². The summed E-state index contributed by atoms with van der Waals surface area (Å²) in [6.07, 6.45) is 5.79. The van der Waals surface area contributed by atoms with Crippen LogP contribution in [0.15, 0.2) is 24.3 Å². The summed E-state index contributed by atoms with van der Waals surface area (Å²) in [7, 11) is 1.69. The van der Waals surface area contributed by atoms with E-state index in [2.05, 4.69) is 28.9 Å². The standard InChI is InChI=1S/C21H33N3O2/c1-3-18-6-4-5-12-22(18)13-11-21(25)24-16-14-23(15-17-24)19-7-9-20(26-2)10-8-19/h7-10,18H,3-6,11-17H2,1-2H3. The maximum absolute atomic E-state index is 12.6. The van der Waals surface area contributed by atoms with Gasteiger partial charge < -0.3 is 14.5 Å². The maximum atomic E-state index is 12.6. The van der Waals surface area contributed by atoms with Crippen molar-refractivity contribution in [3.8, 4) is 5.75 Å². The Bertz CT molecular complexity index is 567. The molecular weight excluding hydrogens is 326 g/mol. The van der Waals surface area contributed by atoms with E-state index in [4.69, 9.17) is 4.74 Å². The average molecular weight is 360 g/mol. The minimum absolute atomic E-state index is 0.319. The fourth-order valence-electron chi connectivity index (χ4n) is 4.22. The second-order valence-corrected chi connectivity index (χ2v) is 7.41. The minimum atomic E-state index is 0.319. The van der Waals surface area contributed by atoms with Crippen molar-refractivity contribution < 1.29 is 9.53 Å². The van der Waals surface area contributed by atoms with Crippen LogP contribution in [0.5, 0.6) is 5.75 Å². The lowest BCUT2D eigenvalue weighted by Crippen LogP contribution is -2.49. The molecule has 5 nitrogen and oxygen atoms in total. The van der Waals surface area contributed by atoms with Crippen LogP contribution in [0, 0.1) is 0 Å². The quantitative estimate of drug-likeness (QED) is 0.782. The van der Waals surface area contributed by atoms with Gasteiger partial charge in [-0.3, -0.25) is 9.69 Å². The van der Waals surface area contributed by atoms with Crippen LogP contribution in [-0.4, -0.2) is 68.1 Å². The van der Waals surface area contributed by atoms with Crippen molar-refractivity contribution in [2.75, 3.05) is 51.3 Å². The van der Waals surface area contributed by atoms with Crippen LogP contribution in [0.1, 0.15) is 39.0 Å². The Morgan fingerprint density at radius 2 is 1.81 bits per heavy atom. The van der Waals surface area contributed by atoms with Crippen LogP contribution in [0.4, 0.5) is 5.69 Å². The van der Waals surface area contributed by atoms with Gasteiger partial charge >= 0.3 is 0 Å². The van der Waals surface area contributed by atoms with Gasteiger partial charge in [0.05, 0.1) is 7.11 Å². The van der Waals surface area contributed by atoms with Crippen LogP contribution in [0.2, 0.25) is 0 Å². The summed E-state index contributed by atoms with van der Waals surface area (Å²) < 4.78 is 5.22. The van der Waals surface area contributed by atoms with Gasteiger partial charge in [0.15, 0.2) is 0 Å². The molecule has 1 unspecified atom stereocenters. The number of piperidine rings is 1. The summed E-state index contributed by atoms with van der Waals surface area (Å²) in [4.78, 5) is 19.6. The van der Waals surface area contributed by atoms with E-state index in [1.54, 1.807) is 7.11 Å². The molecule has 26 heavy (non-hydrogen) atoms. The predicted octanol–water partition coefficient (Wildman–Crippen LogP) is 3.00. The number of hydrogen-bond donors (Lipinski definition) is 0. The van der Waals surface area contributed by atoms with Gasteiger partial charge in [-0.25, -0.2) is 0 Å². The predicted molar refractivity (Wildman–Crippen MR) is 106 cm³/mol. The number of ether oxygens (including phenoxy) is 1. The van der Waals surface area contributed by atoms with Crippen LogP contribution >= 0.6 is 0 Å². The summed E-state index contributed by atoms with van der Waals surface area (Å²) in [5.41, 5.74) is 1.21. The fourth-order valence-corrected chi connectivity index (χ4v) is 4.22. The first-order chi connectivity index (χ1) is 12.7. The monoisotopic (exact) mass is 359 g/mol. The number of carbonyl (C=O) groups is 1. The SMILES string of the molecule is CCC1CCCCN1CCC(=O)N1CCN(c2ccc(OC)cc2)CC1. The average Bonchev–Trinajstić information content (AvgIpc) is 2.72. The molecule has 2 aliphatic rings. The van der Waals surface area contributed by atoms with E-state index in [0.717, 1.165) is 45.0 Å². The van der Waals surface area contributed by atoms with Gasteiger partial charge in [-0.15, -0.1) is 0 Å². The minimum Gasteiger partial charge on any atom is -0.497 e. The third-order valence-corrected chi connectivity index (χ3v) is 5.90. The van der Waals surface area contributed by atoms with Crippen LogP contribution in [0.3, 0.4) is 0 Å². The molecule has 0 spiro atoms. The van der Waals surface area contributed by atoms with Crippen LogP contribution < -0.4 is 9.64 Å². The molecule has 2 heterocycles. The third-order valence-electron chi connectivity index (χ3n) is 5.90. The van der Waals surface area contributed by atoms with Gasteiger partial charge in [0.1, 0.15) is 5.75 Å². The molecule has 0 radical (unpaired) electrons. The molecule has 0 aromatic heterocycles. The van der Waals surface area contributed by atoms with Crippen LogP contribution in [0.25, 0.3) is 0 Å². The van der Waals surface area contributed by atoms with Crippen molar-refractivity contribution in [2.45, 2.75) is 45.1 Å². The Balaban J connectivity index is 1.44. The van der Waals surface area contributed by atoms with E-state index in [1.807, 2.05) is 17.0 Å². The Labute approximate surface area is 157 Å².